The lowest BCUT2D eigenvalue weighted by Crippen LogP contribution is -2.25. The number of ether oxygens (including phenoxy) is 1. The van der Waals surface area contributed by atoms with E-state index in [-0.39, 0.29) is 12.1 Å². The maximum atomic E-state index is 11.3. The molecule has 86 valence electrons. The number of benzene rings is 1. The van der Waals surface area contributed by atoms with Crippen molar-refractivity contribution in [2.75, 3.05) is 20.7 Å². The average Bonchev–Trinajstić information content (AvgIpc) is 2.60. The molecule has 1 unspecified atom stereocenters. The first-order valence-electron chi connectivity index (χ1n) is 4.97. The average molecular weight is 285 g/mol. The summed E-state index contributed by atoms with van der Waals surface area (Å²) in [7, 11) is 3.43. The van der Waals surface area contributed by atoms with Gasteiger partial charge in [-0.25, -0.2) is 4.79 Å². The fourth-order valence-electron chi connectivity index (χ4n) is 1.82. The molecule has 1 aliphatic rings. The van der Waals surface area contributed by atoms with E-state index in [1.165, 1.54) is 0 Å². The van der Waals surface area contributed by atoms with Gasteiger partial charge in [-0.1, -0.05) is 6.07 Å². The highest BCUT2D eigenvalue weighted by molar-refractivity contribution is 9.10. The third kappa shape index (κ3) is 1.87. The van der Waals surface area contributed by atoms with E-state index in [4.69, 9.17) is 4.74 Å². The minimum absolute atomic E-state index is 0.0306. The van der Waals surface area contributed by atoms with Crippen LogP contribution in [0.3, 0.4) is 0 Å². The number of hydrogen-bond acceptors (Lipinski definition) is 2. The molecule has 1 atom stereocenters. The van der Waals surface area contributed by atoms with Crippen LogP contribution in [0, 0.1) is 0 Å². The third-order valence-corrected chi connectivity index (χ3v) is 3.41. The molecule has 1 heterocycles. The Labute approximate surface area is 103 Å². The van der Waals surface area contributed by atoms with Crippen LogP contribution in [0.4, 0.5) is 4.79 Å². The molecule has 2 amide bonds. The number of methoxy groups -OCH3 is 1. The molecule has 0 saturated carbocycles. The molecule has 0 aromatic heterocycles. The van der Waals surface area contributed by atoms with Gasteiger partial charge in [0.05, 0.1) is 17.6 Å². The Balaban J connectivity index is 2.28. The van der Waals surface area contributed by atoms with Gasteiger partial charge in [-0.2, -0.15) is 0 Å². The number of carbonyl (C=O) groups excluding carboxylic acids is 1. The highest BCUT2D eigenvalue weighted by atomic mass is 79.9. The maximum Gasteiger partial charge on any atom is 0.317 e. The van der Waals surface area contributed by atoms with Crippen molar-refractivity contribution in [3.63, 3.8) is 0 Å². The van der Waals surface area contributed by atoms with Crippen molar-refractivity contribution >= 4 is 22.0 Å². The number of carbonyl (C=O) groups is 1. The molecule has 4 nitrogen and oxygen atoms in total. The molecule has 0 radical (unpaired) electrons. The van der Waals surface area contributed by atoms with Crippen molar-refractivity contribution in [2.24, 2.45) is 0 Å². The van der Waals surface area contributed by atoms with E-state index in [0.29, 0.717) is 6.54 Å². The summed E-state index contributed by atoms with van der Waals surface area (Å²) in [6.45, 7) is 0.647. The highest BCUT2D eigenvalue weighted by Crippen LogP contribution is 2.30. The van der Waals surface area contributed by atoms with Gasteiger partial charge in [0.25, 0.3) is 0 Å². The standard InChI is InChI=1S/C11H13BrN2O2/c1-14-9(6-13-11(14)15)7-3-4-10(16-2)8(12)5-7/h3-5,9H,6H2,1-2H3,(H,13,15). The molecule has 1 aromatic rings. The lowest BCUT2D eigenvalue weighted by molar-refractivity contribution is 0.216. The van der Waals surface area contributed by atoms with E-state index in [1.807, 2.05) is 18.2 Å². The van der Waals surface area contributed by atoms with Crippen LogP contribution in [-0.4, -0.2) is 31.6 Å². The number of nitrogens with one attached hydrogen (secondary N) is 1. The normalized spacial score (nSPS) is 19.8. The van der Waals surface area contributed by atoms with Crippen molar-refractivity contribution in [1.29, 1.82) is 0 Å². The Bertz CT molecular complexity index is 422. The topological polar surface area (TPSA) is 41.6 Å². The van der Waals surface area contributed by atoms with Crippen LogP contribution in [0.25, 0.3) is 0 Å². The lowest BCUT2D eigenvalue weighted by Gasteiger charge is -2.18. The molecule has 1 aromatic carbocycles. The number of rotatable bonds is 2. The van der Waals surface area contributed by atoms with Gasteiger partial charge in [0.1, 0.15) is 5.75 Å². The smallest absolute Gasteiger partial charge is 0.317 e. The largest absolute Gasteiger partial charge is 0.496 e. The minimum Gasteiger partial charge on any atom is -0.496 e. The SMILES string of the molecule is COc1ccc(C2CNC(=O)N2C)cc1Br. The Morgan fingerprint density at radius 2 is 2.31 bits per heavy atom. The quantitative estimate of drug-likeness (QED) is 0.904. The van der Waals surface area contributed by atoms with Gasteiger partial charge in [-0.05, 0) is 33.6 Å². The maximum absolute atomic E-state index is 11.3. The van der Waals surface area contributed by atoms with Crippen LogP contribution < -0.4 is 10.1 Å². The van der Waals surface area contributed by atoms with E-state index in [1.54, 1.807) is 19.1 Å². The van der Waals surface area contributed by atoms with Crippen LogP contribution in [0.15, 0.2) is 22.7 Å². The van der Waals surface area contributed by atoms with Gasteiger partial charge in [0.2, 0.25) is 0 Å². The Morgan fingerprint density at radius 3 is 2.81 bits per heavy atom. The highest BCUT2D eigenvalue weighted by Gasteiger charge is 2.28. The zero-order valence-corrected chi connectivity index (χ0v) is 10.7. The molecule has 0 aliphatic carbocycles. The predicted molar refractivity (Wildman–Crippen MR) is 64.6 cm³/mol. The van der Waals surface area contributed by atoms with E-state index < -0.39 is 0 Å². The van der Waals surface area contributed by atoms with Gasteiger partial charge in [0, 0.05) is 13.6 Å². The zero-order chi connectivity index (χ0) is 11.7. The van der Waals surface area contributed by atoms with Crippen LogP contribution >= 0.6 is 15.9 Å². The lowest BCUT2D eigenvalue weighted by atomic mass is 10.1. The monoisotopic (exact) mass is 284 g/mol. The van der Waals surface area contributed by atoms with Crippen molar-refractivity contribution in [3.05, 3.63) is 28.2 Å². The third-order valence-electron chi connectivity index (χ3n) is 2.80. The molecule has 0 spiro atoms. The van der Waals surface area contributed by atoms with Crippen molar-refractivity contribution in [2.45, 2.75) is 6.04 Å². The van der Waals surface area contributed by atoms with Gasteiger partial charge in [0.15, 0.2) is 0 Å². The summed E-state index contributed by atoms with van der Waals surface area (Å²) in [6.07, 6.45) is 0. The molecule has 1 fully saturated rings. The number of halogens is 1. The summed E-state index contributed by atoms with van der Waals surface area (Å²) < 4.78 is 6.07. The van der Waals surface area contributed by atoms with Gasteiger partial charge >= 0.3 is 6.03 Å². The predicted octanol–water partition coefficient (Wildman–Crippen LogP) is 2.15. The van der Waals surface area contributed by atoms with E-state index >= 15 is 0 Å². The summed E-state index contributed by atoms with van der Waals surface area (Å²) >= 11 is 3.44. The van der Waals surface area contributed by atoms with Crippen LogP contribution in [0.2, 0.25) is 0 Å². The first-order valence-corrected chi connectivity index (χ1v) is 5.77. The summed E-state index contributed by atoms with van der Waals surface area (Å²) in [4.78, 5) is 13.0. The molecule has 2 rings (SSSR count). The van der Waals surface area contributed by atoms with Crippen molar-refractivity contribution in [3.8, 4) is 5.75 Å². The molecule has 1 aliphatic heterocycles. The fourth-order valence-corrected chi connectivity index (χ4v) is 2.38. The van der Waals surface area contributed by atoms with Crippen LogP contribution in [0.5, 0.6) is 5.75 Å². The molecule has 16 heavy (non-hydrogen) atoms. The number of likely N-dealkylation sites (N-methyl/N-ethyl adjacent to an activating group) is 1. The van der Waals surface area contributed by atoms with Gasteiger partial charge < -0.3 is 15.0 Å². The second kappa shape index (κ2) is 4.33. The molecule has 1 saturated heterocycles. The van der Waals surface area contributed by atoms with Gasteiger partial charge in [-0.15, -0.1) is 0 Å². The first-order chi connectivity index (χ1) is 7.63. The van der Waals surface area contributed by atoms with Crippen molar-refractivity contribution < 1.29 is 9.53 Å². The molecule has 0 bridgehead atoms. The summed E-state index contributed by atoms with van der Waals surface area (Å²) in [5.41, 5.74) is 1.09. The van der Waals surface area contributed by atoms with Crippen molar-refractivity contribution in [1.82, 2.24) is 10.2 Å². The minimum atomic E-state index is -0.0306. The van der Waals surface area contributed by atoms with Gasteiger partial charge in [-0.3, -0.25) is 0 Å². The van der Waals surface area contributed by atoms with E-state index in [9.17, 15) is 4.79 Å². The first kappa shape index (κ1) is 11.3. The Kier molecular flexibility index (Phi) is 3.05. The summed E-state index contributed by atoms with van der Waals surface area (Å²) in [5, 5.41) is 2.81. The molecular formula is C11H13BrN2O2. The molecular weight excluding hydrogens is 272 g/mol. The summed E-state index contributed by atoms with van der Waals surface area (Å²) in [6, 6.07) is 5.92. The summed E-state index contributed by atoms with van der Waals surface area (Å²) in [5.74, 6) is 0.795. The molecule has 5 heteroatoms. The van der Waals surface area contributed by atoms with Crippen LogP contribution in [0.1, 0.15) is 11.6 Å². The second-order valence-electron chi connectivity index (χ2n) is 3.71. The second-order valence-corrected chi connectivity index (χ2v) is 4.56. The molecule has 1 N–H and O–H groups in total. The number of nitrogens with zero attached hydrogens (tertiary/aromatic N) is 1. The fraction of sp³-hybridized carbons (Fsp3) is 0.364. The Morgan fingerprint density at radius 1 is 1.56 bits per heavy atom. The Hall–Kier alpha value is -1.23. The zero-order valence-electron chi connectivity index (χ0n) is 9.16. The number of amides is 2. The van der Waals surface area contributed by atoms with E-state index in [0.717, 1.165) is 15.8 Å². The number of hydrogen-bond donors (Lipinski definition) is 1. The van der Waals surface area contributed by atoms with Crippen LogP contribution in [-0.2, 0) is 0 Å². The van der Waals surface area contributed by atoms with E-state index in [2.05, 4.69) is 21.2 Å². The number of urea groups is 1.